The van der Waals surface area contributed by atoms with Crippen molar-refractivity contribution in [3.8, 4) is 5.75 Å². The molecule has 0 radical (unpaired) electrons. The molecule has 35 heavy (non-hydrogen) atoms. The number of phenols is 1. The van der Waals surface area contributed by atoms with E-state index in [2.05, 4.69) is 17.4 Å². The Morgan fingerprint density at radius 2 is 1.40 bits per heavy atom. The number of hydrogen-bond acceptors (Lipinski definition) is 4. The summed E-state index contributed by atoms with van der Waals surface area (Å²) in [6, 6.07) is 36.8. The van der Waals surface area contributed by atoms with Crippen LogP contribution in [0.1, 0.15) is 22.7 Å². The van der Waals surface area contributed by atoms with Gasteiger partial charge in [-0.15, -0.1) is 0 Å². The Morgan fingerprint density at radius 3 is 2.06 bits per heavy atom. The van der Waals surface area contributed by atoms with Crippen LogP contribution in [0.5, 0.6) is 5.75 Å². The van der Waals surface area contributed by atoms with Gasteiger partial charge in [-0.25, -0.2) is 0 Å². The summed E-state index contributed by atoms with van der Waals surface area (Å²) in [6.07, 6.45) is 0.676. The van der Waals surface area contributed by atoms with E-state index in [-0.39, 0.29) is 17.7 Å². The van der Waals surface area contributed by atoms with Crippen LogP contribution in [-0.2, 0) is 11.2 Å². The Labute approximate surface area is 205 Å². The third-order valence-electron chi connectivity index (χ3n) is 6.25. The standard InChI is InChI=1S/C30H27N3O2/c34-26-18-16-22(17-19-26)20-21-31-30(35)27-28(23-10-4-1-5-11-23)32-33(25-14-8-3-9-15-25)29(27)24-12-6-2-7-13-24/h1-19,27,29,34H,20-21H2,(H,31,35). The summed E-state index contributed by atoms with van der Waals surface area (Å²) in [6.45, 7) is 0.495. The van der Waals surface area contributed by atoms with E-state index >= 15 is 0 Å². The van der Waals surface area contributed by atoms with Crippen LogP contribution in [0.4, 0.5) is 5.69 Å². The molecule has 0 saturated carbocycles. The molecule has 0 aromatic heterocycles. The highest BCUT2D eigenvalue weighted by Gasteiger charge is 2.44. The zero-order valence-electron chi connectivity index (χ0n) is 19.3. The summed E-state index contributed by atoms with van der Waals surface area (Å²) in [5.74, 6) is -0.308. The monoisotopic (exact) mass is 461 g/mol. The van der Waals surface area contributed by atoms with E-state index in [1.807, 2.05) is 96.0 Å². The molecule has 5 nitrogen and oxygen atoms in total. The molecule has 4 aromatic rings. The third kappa shape index (κ3) is 4.94. The number of aromatic hydroxyl groups is 1. The van der Waals surface area contributed by atoms with E-state index < -0.39 is 5.92 Å². The normalized spacial score (nSPS) is 17.1. The lowest BCUT2D eigenvalue weighted by Gasteiger charge is -2.28. The smallest absolute Gasteiger partial charge is 0.231 e. The lowest BCUT2D eigenvalue weighted by atomic mass is 9.86. The molecule has 1 aliphatic rings. The molecule has 2 N–H and O–H groups in total. The number of nitrogens with one attached hydrogen (secondary N) is 1. The second-order valence-electron chi connectivity index (χ2n) is 8.57. The molecule has 0 spiro atoms. The molecule has 0 aliphatic carbocycles. The van der Waals surface area contributed by atoms with Crippen LogP contribution in [0, 0.1) is 5.92 Å². The fourth-order valence-corrected chi connectivity index (χ4v) is 4.53. The van der Waals surface area contributed by atoms with Crippen molar-refractivity contribution < 1.29 is 9.90 Å². The van der Waals surface area contributed by atoms with Crippen LogP contribution >= 0.6 is 0 Å². The number of amides is 1. The number of carbonyl (C=O) groups excluding carboxylic acids is 1. The third-order valence-corrected chi connectivity index (χ3v) is 6.25. The van der Waals surface area contributed by atoms with Gasteiger partial charge in [-0.1, -0.05) is 91.0 Å². The maximum Gasteiger partial charge on any atom is 0.231 e. The van der Waals surface area contributed by atoms with Crippen molar-refractivity contribution >= 4 is 17.3 Å². The van der Waals surface area contributed by atoms with E-state index in [9.17, 15) is 9.90 Å². The summed E-state index contributed by atoms with van der Waals surface area (Å²) in [7, 11) is 0. The number of nitrogens with zero attached hydrogens (tertiary/aromatic N) is 2. The fourth-order valence-electron chi connectivity index (χ4n) is 4.53. The van der Waals surface area contributed by atoms with Gasteiger partial charge in [-0.2, -0.15) is 5.10 Å². The molecular weight excluding hydrogens is 434 g/mol. The molecule has 174 valence electrons. The average molecular weight is 462 g/mol. The first-order valence-corrected chi connectivity index (χ1v) is 11.8. The van der Waals surface area contributed by atoms with Crippen LogP contribution < -0.4 is 10.3 Å². The largest absolute Gasteiger partial charge is 0.508 e. The second kappa shape index (κ2) is 10.3. The number of anilines is 1. The Morgan fingerprint density at radius 1 is 0.800 bits per heavy atom. The quantitative estimate of drug-likeness (QED) is 0.391. The molecule has 2 atom stereocenters. The van der Waals surface area contributed by atoms with Crippen molar-refractivity contribution in [2.45, 2.75) is 12.5 Å². The lowest BCUT2D eigenvalue weighted by Crippen LogP contribution is -2.40. The predicted molar refractivity (Wildman–Crippen MR) is 139 cm³/mol. The zero-order chi connectivity index (χ0) is 24.0. The van der Waals surface area contributed by atoms with Crippen molar-refractivity contribution in [1.29, 1.82) is 0 Å². The van der Waals surface area contributed by atoms with Gasteiger partial charge < -0.3 is 10.4 Å². The maximum atomic E-state index is 13.8. The highest BCUT2D eigenvalue weighted by Crippen LogP contribution is 2.40. The summed E-state index contributed by atoms with van der Waals surface area (Å²) in [5.41, 5.74) is 4.71. The predicted octanol–water partition coefficient (Wildman–Crippen LogP) is 5.33. The first-order chi connectivity index (χ1) is 17.2. The Bertz CT molecular complexity index is 1290. The highest BCUT2D eigenvalue weighted by molar-refractivity contribution is 6.15. The molecule has 0 bridgehead atoms. The number of carbonyl (C=O) groups is 1. The van der Waals surface area contributed by atoms with Crippen molar-refractivity contribution in [2.75, 3.05) is 11.6 Å². The van der Waals surface area contributed by atoms with Gasteiger partial charge in [0.15, 0.2) is 0 Å². The van der Waals surface area contributed by atoms with Gasteiger partial charge in [0.05, 0.1) is 17.4 Å². The van der Waals surface area contributed by atoms with Crippen LogP contribution in [-0.4, -0.2) is 23.3 Å². The van der Waals surface area contributed by atoms with Gasteiger partial charge in [0, 0.05) is 6.54 Å². The van der Waals surface area contributed by atoms with Crippen molar-refractivity contribution in [3.05, 3.63) is 132 Å². The van der Waals surface area contributed by atoms with Crippen LogP contribution in [0.2, 0.25) is 0 Å². The molecule has 2 unspecified atom stereocenters. The van der Waals surface area contributed by atoms with Gasteiger partial charge in [0.1, 0.15) is 11.7 Å². The molecule has 0 fully saturated rings. The Balaban J connectivity index is 1.48. The summed E-state index contributed by atoms with van der Waals surface area (Å²) in [5, 5.41) is 19.7. The van der Waals surface area contributed by atoms with Gasteiger partial charge in [-0.05, 0) is 47.4 Å². The van der Waals surface area contributed by atoms with Crippen molar-refractivity contribution in [2.24, 2.45) is 11.0 Å². The number of para-hydroxylation sites is 1. The van der Waals surface area contributed by atoms with E-state index in [0.29, 0.717) is 13.0 Å². The molecule has 5 rings (SSSR count). The maximum absolute atomic E-state index is 13.8. The van der Waals surface area contributed by atoms with Gasteiger partial charge in [0.2, 0.25) is 5.91 Å². The van der Waals surface area contributed by atoms with Crippen LogP contribution in [0.3, 0.4) is 0 Å². The molecule has 1 aliphatic heterocycles. The number of rotatable bonds is 7. The van der Waals surface area contributed by atoms with E-state index in [4.69, 9.17) is 5.10 Å². The van der Waals surface area contributed by atoms with Gasteiger partial charge in [0.25, 0.3) is 0 Å². The number of benzene rings is 4. The molecule has 4 aromatic carbocycles. The van der Waals surface area contributed by atoms with Gasteiger partial charge in [-0.3, -0.25) is 9.80 Å². The fraction of sp³-hybridized carbons (Fsp3) is 0.133. The van der Waals surface area contributed by atoms with Crippen LogP contribution in [0.25, 0.3) is 0 Å². The highest BCUT2D eigenvalue weighted by atomic mass is 16.3. The average Bonchev–Trinajstić information content (AvgIpc) is 3.32. The van der Waals surface area contributed by atoms with Crippen molar-refractivity contribution in [1.82, 2.24) is 5.32 Å². The van der Waals surface area contributed by atoms with E-state index in [0.717, 1.165) is 28.1 Å². The van der Waals surface area contributed by atoms with Crippen LogP contribution in [0.15, 0.2) is 120 Å². The number of hydrogen-bond donors (Lipinski definition) is 2. The minimum Gasteiger partial charge on any atom is -0.508 e. The molecule has 1 heterocycles. The molecule has 1 amide bonds. The lowest BCUT2D eigenvalue weighted by molar-refractivity contribution is -0.123. The molecule has 0 saturated heterocycles. The first-order valence-electron chi connectivity index (χ1n) is 11.8. The second-order valence-corrected chi connectivity index (χ2v) is 8.57. The Hall–Kier alpha value is -4.38. The minimum atomic E-state index is -0.486. The van der Waals surface area contributed by atoms with E-state index in [1.165, 1.54) is 0 Å². The minimum absolute atomic E-state index is 0.0568. The SMILES string of the molecule is O=C(NCCc1ccc(O)cc1)C1C(c2ccccc2)=NN(c2ccccc2)C1c1ccccc1. The zero-order valence-corrected chi connectivity index (χ0v) is 19.3. The number of hydrazone groups is 1. The summed E-state index contributed by atoms with van der Waals surface area (Å²) < 4.78 is 0. The summed E-state index contributed by atoms with van der Waals surface area (Å²) in [4.78, 5) is 13.8. The summed E-state index contributed by atoms with van der Waals surface area (Å²) >= 11 is 0. The Kier molecular flexibility index (Phi) is 6.57. The van der Waals surface area contributed by atoms with E-state index in [1.54, 1.807) is 12.1 Å². The first kappa shape index (κ1) is 22.4. The topological polar surface area (TPSA) is 64.9 Å². The van der Waals surface area contributed by atoms with Crippen molar-refractivity contribution in [3.63, 3.8) is 0 Å². The number of phenolic OH excluding ortho intramolecular Hbond substituents is 1. The molecule has 5 heteroatoms. The van der Waals surface area contributed by atoms with Gasteiger partial charge >= 0.3 is 0 Å². The molecular formula is C30H27N3O2.